The van der Waals surface area contributed by atoms with Gasteiger partial charge in [0.05, 0.1) is 4.90 Å². The van der Waals surface area contributed by atoms with Crippen molar-refractivity contribution >= 4 is 21.6 Å². The maximum Gasteiger partial charge on any atom is 0.261 e. The van der Waals surface area contributed by atoms with E-state index in [2.05, 4.69) is 10.0 Å². The monoisotopic (exact) mass is 376 g/mol. The summed E-state index contributed by atoms with van der Waals surface area (Å²) in [6.07, 6.45) is 0.717. The molecule has 140 valence electrons. The summed E-state index contributed by atoms with van der Waals surface area (Å²) in [6.45, 7) is 4.96. The Labute approximate surface area is 154 Å². The van der Waals surface area contributed by atoms with Gasteiger partial charge < -0.3 is 10.1 Å². The minimum atomic E-state index is -3.71. The lowest BCUT2D eigenvalue weighted by molar-refractivity contribution is 0.0948. The van der Waals surface area contributed by atoms with Gasteiger partial charge in [0.2, 0.25) is 0 Å². The van der Waals surface area contributed by atoms with Gasteiger partial charge in [-0.3, -0.25) is 9.52 Å². The first-order valence-electron chi connectivity index (χ1n) is 8.31. The van der Waals surface area contributed by atoms with E-state index in [1.54, 1.807) is 19.2 Å². The molecule has 26 heavy (non-hydrogen) atoms. The van der Waals surface area contributed by atoms with E-state index in [0.29, 0.717) is 30.8 Å². The Kier molecular flexibility index (Phi) is 6.76. The number of hydrogen-bond acceptors (Lipinski definition) is 4. The number of rotatable bonds is 8. The SMILES string of the molecule is COCCCNC(=O)c1ccc(S(=O)(=O)Nc2ccc(C)c(C)c2)cc1. The summed E-state index contributed by atoms with van der Waals surface area (Å²) in [4.78, 5) is 12.1. The van der Waals surface area contributed by atoms with E-state index < -0.39 is 10.0 Å². The van der Waals surface area contributed by atoms with Crippen LogP contribution in [0.4, 0.5) is 5.69 Å². The zero-order chi connectivity index (χ0) is 19.2. The molecule has 2 N–H and O–H groups in total. The van der Waals surface area contributed by atoms with Gasteiger partial charge >= 0.3 is 0 Å². The van der Waals surface area contributed by atoms with Gasteiger partial charge in [0.15, 0.2) is 0 Å². The number of hydrogen-bond donors (Lipinski definition) is 2. The van der Waals surface area contributed by atoms with Crippen LogP contribution in [0.25, 0.3) is 0 Å². The van der Waals surface area contributed by atoms with E-state index in [-0.39, 0.29) is 10.8 Å². The summed E-state index contributed by atoms with van der Waals surface area (Å²) >= 11 is 0. The van der Waals surface area contributed by atoms with Gasteiger partial charge in [-0.15, -0.1) is 0 Å². The maximum absolute atomic E-state index is 12.5. The van der Waals surface area contributed by atoms with Crippen molar-refractivity contribution in [1.82, 2.24) is 5.32 Å². The third-order valence-electron chi connectivity index (χ3n) is 4.00. The molecular formula is C19H24N2O4S. The Morgan fingerprint density at radius 2 is 1.73 bits per heavy atom. The van der Waals surface area contributed by atoms with E-state index in [9.17, 15) is 13.2 Å². The van der Waals surface area contributed by atoms with Crippen molar-refractivity contribution in [1.29, 1.82) is 0 Å². The standard InChI is InChI=1S/C19H24N2O4S/c1-14-5-8-17(13-15(14)2)21-26(23,24)18-9-6-16(7-10-18)19(22)20-11-4-12-25-3/h5-10,13,21H,4,11-12H2,1-3H3,(H,20,22). The third kappa shape index (κ3) is 5.31. The molecule has 0 fully saturated rings. The van der Waals surface area contributed by atoms with E-state index in [1.807, 2.05) is 19.9 Å². The molecule has 0 unspecified atom stereocenters. The fourth-order valence-electron chi connectivity index (χ4n) is 2.32. The summed E-state index contributed by atoms with van der Waals surface area (Å²) in [5.74, 6) is -0.243. The maximum atomic E-state index is 12.5. The topological polar surface area (TPSA) is 84.5 Å². The average molecular weight is 376 g/mol. The van der Waals surface area contributed by atoms with Gasteiger partial charge in [-0.05, 0) is 67.8 Å². The van der Waals surface area contributed by atoms with Crippen molar-refractivity contribution in [3.8, 4) is 0 Å². The number of amides is 1. The van der Waals surface area contributed by atoms with Crippen LogP contribution in [0.5, 0.6) is 0 Å². The van der Waals surface area contributed by atoms with E-state index in [1.165, 1.54) is 24.3 Å². The predicted octanol–water partition coefficient (Wildman–Crippen LogP) is 2.87. The molecule has 6 nitrogen and oxygen atoms in total. The molecular weight excluding hydrogens is 352 g/mol. The Balaban J connectivity index is 2.06. The number of carbonyl (C=O) groups excluding carboxylic acids is 1. The van der Waals surface area contributed by atoms with Crippen LogP contribution in [0.1, 0.15) is 27.9 Å². The zero-order valence-corrected chi connectivity index (χ0v) is 16.0. The highest BCUT2D eigenvalue weighted by molar-refractivity contribution is 7.92. The van der Waals surface area contributed by atoms with E-state index in [0.717, 1.165) is 11.1 Å². The lowest BCUT2D eigenvalue weighted by atomic mass is 10.1. The minimum absolute atomic E-state index is 0.103. The first kappa shape index (κ1) is 19.9. The normalized spacial score (nSPS) is 11.2. The van der Waals surface area contributed by atoms with Crippen LogP contribution in [0.15, 0.2) is 47.4 Å². The molecule has 0 aliphatic rings. The van der Waals surface area contributed by atoms with Crippen LogP contribution in [-0.4, -0.2) is 34.6 Å². The molecule has 7 heteroatoms. The fourth-order valence-corrected chi connectivity index (χ4v) is 3.37. The second-order valence-corrected chi connectivity index (χ2v) is 7.71. The van der Waals surface area contributed by atoms with Gasteiger partial charge in [0.25, 0.3) is 15.9 Å². The smallest absolute Gasteiger partial charge is 0.261 e. The summed E-state index contributed by atoms with van der Waals surface area (Å²) in [5, 5.41) is 2.76. The van der Waals surface area contributed by atoms with Crippen LogP contribution >= 0.6 is 0 Å². The molecule has 0 spiro atoms. The summed E-state index contributed by atoms with van der Waals surface area (Å²) < 4.78 is 32.5. The largest absolute Gasteiger partial charge is 0.385 e. The molecule has 0 aliphatic heterocycles. The minimum Gasteiger partial charge on any atom is -0.385 e. The van der Waals surface area contributed by atoms with Crippen molar-refractivity contribution in [3.05, 3.63) is 59.2 Å². The average Bonchev–Trinajstić information content (AvgIpc) is 2.61. The summed E-state index contributed by atoms with van der Waals surface area (Å²) in [7, 11) is -2.10. The Morgan fingerprint density at radius 1 is 1.04 bits per heavy atom. The number of benzene rings is 2. The van der Waals surface area contributed by atoms with Gasteiger partial charge in [0.1, 0.15) is 0 Å². The first-order valence-corrected chi connectivity index (χ1v) is 9.79. The number of nitrogens with one attached hydrogen (secondary N) is 2. The number of sulfonamides is 1. The molecule has 0 bridgehead atoms. The van der Waals surface area contributed by atoms with Crippen LogP contribution in [-0.2, 0) is 14.8 Å². The Morgan fingerprint density at radius 3 is 2.35 bits per heavy atom. The molecule has 0 atom stereocenters. The predicted molar refractivity (Wildman–Crippen MR) is 102 cm³/mol. The molecule has 2 rings (SSSR count). The number of anilines is 1. The van der Waals surface area contributed by atoms with Gasteiger partial charge in [-0.1, -0.05) is 6.07 Å². The lowest BCUT2D eigenvalue weighted by Gasteiger charge is -2.10. The molecule has 1 amide bonds. The second kappa shape index (κ2) is 8.82. The molecule has 0 aromatic heterocycles. The Hall–Kier alpha value is -2.38. The summed E-state index contributed by atoms with van der Waals surface area (Å²) in [5.41, 5.74) is 3.01. The van der Waals surface area contributed by atoms with Crippen molar-refractivity contribution in [2.75, 3.05) is 25.0 Å². The van der Waals surface area contributed by atoms with Crippen LogP contribution < -0.4 is 10.0 Å². The molecule has 0 radical (unpaired) electrons. The number of methoxy groups -OCH3 is 1. The number of ether oxygens (including phenoxy) is 1. The lowest BCUT2D eigenvalue weighted by Crippen LogP contribution is -2.25. The molecule has 0 heterocycles. The quantitative estimate of drug-likeness (QED) is 0.694. The fraction of sp³-hybridized carbons (Fsp3) is 0.316. The van der Waals surface area contributed by atoms with Gasteiger partial charge in [-0.25, -0.2) is 8.42 Å². The third-order valence-corrected chi connectivity index (χ3v) is 5.39. The zero-order valence-electron chi connectivity index (χ0n) is 15.2. The van der Waals surface area contributed by atoms with Gasteiger partial charge in [0, 0.05) is 31.5 Å². The highest BCUT2D eigenvalue weighted by Gasteiger charge is 2.15. The highest BCUT2D eigenvalue weighted by Crippen LogP contribution is 2.19. The first-order chi connectivity index (χ1) is 12.3. The van der Waals surface area contributed by atoms with Crippen molar-refractivity contribution in [2.24, 2.45) is 0 Å². The van der Waals surface area contributed by atoms with Crippen LogP contribution in [0.2, 0.25) is 0 Å². The van der Waals surface area contributed by atoms with Crippen LogP contribution in [0.3, 0.4) is 0 Å². The highest BCUT2D eigenvalue weighted by atomic mass is 32.2. The van der Waals surface area contributed by atoms with Crippen LogP contribution in [0, 0.1) is 13.8 Å². The van der Waals surface area contributed by atoms with Crippen molar-refractivity contribution < 1.29 is 17.9 Å². The molecule has 0 saturated carbocycles. The Bertz CT molecular complexity index is 862. The van der Waals surface area contributed by atoms with Crippen molar-refractivity contribution in [3.63, 3.8) is 0 Å². The second-order valence-electron chi connectivity index (χ2n) is 6.03. The molecule has 0 aliphatic carbocycles. The molecule has 2 aromatic carbocycles. The number of carbonyl (C=O) groups is 1. The molecule has 0 saturated heterocycles. The summed E-state index contributed by atoms with van der Waals surface area (Å²) in [6, 6.07) is 11.2. The number of aryl methyl sites for hydroxylation is 2. The van der Waals surface area contributed by atoms with E-state index >= 15 is 0 Å². The van der Waals surface area contributed by atoms with Gasteiger partial charge in [-0.2, -0.15) is 0 Å². The van der Waals surface area contributed by atoms with E-state index in [4.69, 9.17) is 4.74 Å². The van der Waals surface area contributed by atoms with Crippen molar-refractivity contribution in [2.45, 2.75) is 25.2 Å². The molecule has 2 aromatic rings.